The van der Waals surface area contributed by atoms with Gasteiger partial charge in [-0.25, -0.2) is 9.82 Å². The summed E-state index contributed by atoms with van der Waals surface area (Å²) in [6.07, 6.45) is 1.51. The van der Waals surface area contributed by atoms with Gasteiger partial charge in [-0.2, -0.15) is 10.2 Å². The van der Waals surface area contributed by atoms with Crippen LogP contribution in [0.15, 0.2) is 59.7 Å². The fraction of sp³-hybridized carbons (Fsp3) is 0.0556. The van der Waals surface area contributed by atoms with Gasteiger partial charge < -0.3 is 4.74 Å². The molecule has 0 unspecified atom stereocenters. The zero-order valence-corrected chi connectivity index (χ0v) is 13.4. The smallest absolute Gasteiger partial charge is 0.289 e. The Morgan fingerprint density at radius 3 is 2.80 bits per heavy atom. The standard InChI is InChI=1S/C18H15FN4O2/c1-25-15-4-2-3-12(9-15)11-20-23-18(24)17-10-16(21-22-17)13-5-7-14(19)8-6-13/h2-11H,1H3,(H,21,22)(H,23,24)/b20-11+. The van der Waals surface area contributed by atoms with Crippen LogP contribution in [-0.4, -0.2) is 29.4 Å². The SMILES string of the molecule is COc1cccc(/C=N/NC(=O)c2cc(-c3ccc(F)cc3)n[nH]2)c1. The van der Waals surface area contributed by atoms with Crippen LogP contribution in [0.1, 0.15) is 16.1 Å². The van der Waals surface area contributed by atoms with Gasteiger partial charge in [-0.3, -0.25) is 9.89 Å². The number of nitrogens with zero attached hydrogens (tertiary/aromatic N) is 2. The Balaban J connectivity index is 1.65. The van der Waals surface area contributed by atoms with E-state index in [1.807, 2.05) is 18.2 Å². The van der Waals surface area contributed by atoms with Crippen molar-refractivity contribution in [2.75, 3.05) is 7.11 Å². The first kappa shape index (κ1) is 16.4. The maximum Gasteiger partial charge on any atom is 0.289 e. The summed E-state index contributed by atoms with van der Waals surface area (Å²) in [5, 5.41) is 10.6. The van der Waals surface area contributed by atoms with Gasteiger partial charge in [-0.05, 0) is 48.0 Å². The summed E-state index contributed by atoms with van der Waals surface area (Å²) >= 11 is 0. The van der Waals surface area contributed by atoms with E-state index in [4.69, 9.17) is 4.74 Å². The van der Waals surface area contributed by atoms with Crippen molar-refractivity contribution in [2.24, 2.45) is 5.10 Å². The third-order valence-corrected chi connectivity index (χ3v) is 3.44. The number of ether oxygens (including phenoxy) is 1. The highest BCUT2D eigenvalue weighted by Crippen LogP contribution is 2.18. The van der Waals surface area contributed by atoms with Crippen molar-refractivity contribution in [1.82, 2.24) is 15.6 Å². The number of amides is 1. The van der Waals surface area contributed by atoms with Gasteiger partial charge in [0.1, 0.15) is 17.3 Å². The molecule has 6 nitrogen and oxygen atoms in total. The molecular weight excluding hydrogens is 323 g/mol. The Morgan fingerprint density at radius 1 is 1.24 bits per heavy atom. The molecule has 1 amide bonds. The minimum atomic E-state index is -0.431. The van der Waals surface area contributed by atoms with E-state index in [-0.39, 0.29) is 11.5 Å². The van der Waals surface area contributed by atoms with Crippen LogP contribution in [0.25, 0.3) is 11.3 Å². The van der Waals surface area contributed by atoms with E-state index in [2.05, 4.69) is 20.7 Å². The molecule has 2 N–H and O–H groups in total. The van der Waals surface area contributed by atoms with Crippen LogP contribution in [0.3, 0.4) is 0 Å². The normalized spacial score (nSPS) is 10.8. The number of aromatic nitrogens is 2. The largest absolute Gasteiger partial charge is 0.497 e. The Morgan fingerprint density at radius 2 is 2.04 bits per heavy atom. The van der Waals surface area contributed by atoms with E-state index in [1.54, 1.807) is 31.4 Å². The molecule has 0 saturated carbocycles. The average Bonchev–Trinajstić information content (AvgIpc) is 3.12. The Bertz CT molecular complexity index is 903. The predicted octanol–water partition coefficient (Wildman–Crippen LogP) is 2.99. The van der Waals surface area contributed by atoms with Gasteiger partial charge in [0.15, 0.2) is 0 Å². The second-order valence-electron chi connectivity index (χ2n) is 5.15. The van der Waals surface area contributed by atoms with E-state index >= 15 is 0 Å². The zero-order chi connectivity index (χ0) is 17.6. The van der Waals surface area contributed by atoms with Crippen molar-refractivity contribution in [2.45, 2.75) is 0 Å². The lowest BCUT2D eigenvalue weighted by Gasteiger charge is -2.00. The quantitative estimate of drug-likeness (QED) is 0.554. The Labute approximate surface area is 143 Å². The molecule has 7 heteroatoms. The van der Waals surface area contributed by atoms with Crippen LogP contribution < -0.4 is 10.2 Å². The lowest BCUT2D eigenvalue weighted by molar-refractivity contribution is 0.0950. The Hall–Kier alpha value is -3.48. The maximum atomic E-state index is 12.9. The molecule has 0 spiro atoms. The number of carbonyl (C=O) groups is 1. The molecule has 25 heavy (non-hydrogen) atoms. The lowest BCUT2D eigenvalue weighted by Crippen LogP contribution is -2.18. The fourth-order valence-electron chi connectivity index (χ4n) is 2.15. The number of hydrogen-bond acceptors (Lipinski definition) is 4. The highest BCUT2D eigenvalue weighted by molar-refractivity contribution is 5.94. The number of hydrogen-bond donors (Lipinski definition) is 2. The van der Waals surface area contributed by atoms with Crippen LogP contribution in [0, 0.1) is 5.82 Å². The molecule has 0 radical (unpaired) electrons. The lowest BCUT2D eigenvalue weighted by atomic mass is 10.1. The molecule has 0 aliphatic carbocycles. The number of hydrazone groups is 1. The zero-order valence-electron chi connectivity index (χ0n) is 13.4. The van der Waals surface area contributed by atoms with Crippen molar-refractivity contribution in [3.05, 3.63) is 71.7 Å². The number of nitrogens with one attached hydrogen (secondary N) is 2. The number of aromatic amines is 1. The highest BCUT2D eigenvalue weighted by Gasteiger charge is 2.10. The average molecular weight is 338 g/mol. The topological polar surface area (TPSA) is 79.4 Å². The van der Waals surface area contributed by atoms with Crippen LogP contribution in [0.2, 0.25) is 0 Å². The molecule has 0 fully saturated rings. The maximum absolute atomic E-state index is 12.9. The second kappa shape index (κ2) is 7.39. The molecule has 0 aliphatic heterocycles. The molecule has 0 saturated heterocycles. The summed E-state index contributed by atoms with van der Waals surface area (Å²) in [6.45, 7) is 0. The van der Waals surface area contributed by atoms with Crippen LogP contribution >= 0.6 is 0 Å². The summed E-state index contributed by atoms with van der Waals surface area (Å²) in [5.74, 6) is -0.0584. The molecule has 2 aromatic carbocycles. The van der Waals surface area contributed by atoms with Crippen molar-refractivity contribution < 1.29 is 13.9 Å². The molecule has 1 heterocycles. The van der Waals surface area contributed by atoms with Crippen molar-refractivity contribution in [3.63, 3.8) is 0 Å². The van der Waals surface area contributed by atoms with Crippen LogP contribution in [0.5, 0.6) is 5.75 Å². The third kappa shape index (κ3) is 4.08. The minimum Gasteiger partial charge on any atom is -0.497 e. The Kier molecular flexibility index (Phi) is 4.84. The van der Waals surface area contributed by atoms with Gasteiger partial charge in [0, 0.05) is 5.56 Å². The van der Waals surface area contributed by atoms with Crippen LogP contribution in [0.4, 0.5) is 4.39 Å². The van der Waals surface area contributed by atoms with Gasteiger partial charge in [0.25, 0.3) is 5.91 Å². The van der Waals surface area contributed by atoms with E-state index < -0.39 is 5.91 Å². The van der Waals surface area contributed by atoms with Crippen molar-refractivity contribution in [1.29, 1.82) is 0 Å². The second-order valence-corrected chi connectivity index (χ2v) is 5.15. The molecule has 3 rings (SSSR count). The highest BCUT2D eigenvalue weighted by atomic mass is 19.1. The van der Waals surface area contributed by atoms with Gasteiger partial charge >= 0.3 is 0 Å². The van der Waals surface area contributed by atoms with Gasteiger partial charge in [0.05, 0.1) is 19.0 Å². The monoisotopic (exact) mass is 338 g/mol. The van der Waals surface area contributed by atoms with Crippen molar-refractivity contribution in [3.8, 4) is 17.0 Å². The van der Waals surface area contributed by atoms with Crippen LogP contribution in [-0.2, 0) is 0 Å². The molecule has 0 aliphatic rings. The van der Waals surface area contributed by atoms with Gasteiger partial charge in [-0.15, -0.1) is 0 Å². The molecule has 3 aromatic rings. The molecule has 126 valence electrons. The summed E-state index contributed by atoms with van der Waals surface area (Å²) in [7, 11) is 1.58. The summed E-state index contributed by atoms with van der Waals surface area (Å²) in [4.78, 5) is 12.1. The van der Waals surface area contributed by atoms with E-state index in [0.29, 0.717) is 17.0 Å². The molecule has 0 atom stereocenters. The molecular formula is C18H15FN4O2. The predicted molar refractivity (Wildman–Crippen MR) is 92.0 cm³/mol. The first-order valence-corrected chi connectivity index (χ1v) is 7.44. The van der Waals surface area contributed by atoms with E-state index in [0.717, 1.165) is 5.56 Å². The number of halogens is 1. The molecule has 1 aromatic heterocycles. The number of benzene rings is 2. The summed E-state index contributed by atoms with van der Waals surface area (Å²) < 4.78 is 18.1. The van der Waals surface area contributed by atoms with Gasteiger partial charge in [-0.1, -0.05) is 12.1 Å². The summed E-state index contributed by atoms with van der Waals surface area (Å²) in [5.41, 5.74) is 4.71. The number of methoxy groups -OCH3 is 1. The minimum absolute atomic E-state index is 0.252. The number of H-pyrrole nitrogens is 1. The number of carbonyl (C=O) groups excluding carboxylic acids is 1. The first-order valence-electron chi connectivity index (χ1n) is 7.44. The van der Waals surface area contributed by atoms with E-state index in [1.165, 1.54) is 18.3 Å². The summed E-state index contributed by atoms with van der Waals surface area (Å²) in [6, 6.07) is 14.7. The third-order valence-electron chi connectivity index (χ3n) is 3.44. The number of rotatable bonds is 5. The van der Waals surface area contributed by atoms with Gasteiger partial charge in [0.2, 0.25) is 0 Å². The van der Waals surface area contributed by atoms with Crippen molar-refractivity contribution >= 4 is 12.1 Å². The molecule has 0 bridgehead atoms. The fourth-order valence-corrected chi connectivity index (χ4v) is 2.15. The first-order chi connectivity index (χ1) is 12.2. The van der Waals surface area contributed by atoms with E-state index in [9.17, 15) is 9.18 Å².